The van der Waals surface area contributed by atoms with Crippen LogP contribution in [0.2, 0.25) is 0 Å². The average molecular weight is 269 g/mol. The minimum atomic E-state index is 0.00935. The summed E-state index contributed by atoms with van der Waals surface area (Å²) in [6, 6.07) is 18.7. The van der Waals surface area contributed by atoms with Gasteiger partial charge in [-0.1, -0.05) is 43.3 Å². The number of ether oxygens (including phenoxy) is 1. The van der Waals surface area contributed by atoms with Gasteiger partial charge >= 0.3 is 0 Å². The second-order valence-electron chi connectivity index (χ2n) is 4.80. The number of benzene rings is 2. The highest BCUT2D eigenvalue weighted by atomic mass is 16.5. The van der Waals surface area contributed by atoms with Gasteiger partial charge in [0.05, 0.1) is 0 Å². The van der Waals surface area contributed by atoms with Crippen LogP contribution in [0.3, 0.4) is 0 Å². The Labute approximate surface area is 122 Å². The summed E-state index contributed by atoms with van der Waals surface area (Å²) in [4.78, 5) is 2.26. The van der Waals surface area contributed by atoms with E-state index in [0.717, 1.165) is 18.7 Å². The lowest BCUT2D eigenvalue weighted by Gasteiger charge is -2.31. The molecule has 0 radical (unpaired) electrons. The first kappa shape index (κ1) is 14.4. The van der Waals surface area contributed by atoms with Gasteiger partial charge in [0.2, 0.25) is 0 Å². The van der Waals surface area contributed by atoms with Crippen molar-refractivity contribution in [2.45, 2.75) is 33.4 Å². The topological polar surface area (TPSA) is 12.5 Å². The van der Waals surface area contributed by atoms with E-state index in [1.54, 1.807) is 0 Å². The summed E-state index contributed by atoms with van der Waals surface area (Å²) in [5.41, 5.74) is 2.44. The number of aryl methyl sites for hydroxylation is 1. The molecule has 0 bridgehead atoms. The third kappa shape index (κ3) is 3.32. The van der Waals surface area contributed by atoms with Crippen molar-refractivity contribution in [3.63, 3.8) is 0 Å². The maximum Gasteiger partial charge on any atom is 0.169 e. The molecule has 2 rings (SSSR count). The van der Waals surface area contributed by atoms with E-state index in [1.165, 1.54) is 11.3 Å². The van der Waals surface area contributed by atoms with E-state index in [2.05, 4.69) is 62.1 Å². The summed E-state index contributed by atoms with van der Waals surface area (Å²) in [6.07, 6.45) is 0.996. The van der Waals surface area contributed by atoms with E-state index >= 15 is 0 Å². The van der Waals surface area contributed by atoms with E-state index < -0.39 is 0 Å². The molecule has 0 aliphatic carbocycles. The Morgan fingerprint density at radius 1 is 0.950 bits per heavy atom. The lowest BCUT2D eigenvalue weighted by atomic mass is 10.1. The van der Waals surface area contributed by atoms with Gasteiger partial charge < -0.3 is 9.64 Å². The first-order valence-electron chi connectivity index (χ1n) is 7.32. The third-order valence-electron chi connectivity index (χ3n) is 3.52. The van der Waals surface area contributed by atoms with Gasteiger partial charge in [-0.3, -0.25) is 0 Å². The molecule has 1 atom stereocenters. The summed E-state index contributed by atoms with van der Waals surface area (Å²) >= 11 is 0. The van der Waals surface area contributed by atoms with Gasteiger partial charge in [-0.2, -0.15) is 0 Å². The fourth-order valence-corrected chi connectivity index (χ4v) is 2.43. The lowest BCUT2D eigenvalue weighted by molar-refractivity contribution is 0.214. The van der Waals surface area contributed by atoms with Gasteiger partial charge in [0.25, 0.3) is 0 Å². The van der Waals surface area contributed by atoms with Gasteiger partial charge in [0, 0.05) is 12.2 Å². The van der Waals surface area contributed by atoms with Gasteiger partial charge in [-0.15, -0.1) is 0 Å². The number of para-hydroxylation sites is 2. The Balaban J connectivity index is 2.15. The number of hydrogen-bond acceptors (Lipinski definition) is 2. The van der Waals surface area contributed by atoms with Crippen LogP contribution in [-0.2, 0) is 6.42 Å². The van der Waals surface area contributed by atoms with Crippen molar-refractivity contribution in [2.75, 3.05) is 11.4 Å². The SMILES string of the molecule is CCc1ccccc1OC(C)N(CC)c1ccccc1. The molecule has 2 nitrogen and oxygen atoms in total. The molecule has 0 spiro atoms. The molecule has 0 saturated heterocycles. The van der Waals surface area contributed by atoms with Crippen LogP contribution in [0, 0.1) is 0 Å². The quantitative estimate of drug-likeness (QED) is 0.716. The standard InChI is InChI=1S/C18H23NO/c1-4-16-11-9-10-14-18(16)20-15(3)19(5-2)17-12-7-6-8-13-17/h6-15H,4-5H2,1-3H3. The zero-order valence-electron chi connectivity index (χ0n) is 12.5. The molecular formula is C18H23NO. The highest BCUT2D eigenvalue weighted by Crippen LogP contribution is 2.23. The maximum atomic E-state index is 6.17. The third-order valence-corrected chi connectivity index (χ3v) is 3.52. The minimum absolute atomic E-state index is 0.00935. The molecule has 20 heavy (non-hydrogen) atoms. The molecule has 0 aliphatic rings. The fraction of sp³-hybridized carbons (Fsp3) is 0.333. The molecule has 0 saturated carbocycles. The highest BCUT2D eigenvalue weighted by molar-refractivity contribution is 5.46. The molecule has 0 N–H and O–H groups in total. The Bertz CT molecular complexity index is 524. The fourth-order valence-electron chi connectivity index (χ4n) is 2.43. The number of anilines is 1. The smallest absolute Gasteiger partial charge is 0.169 e. The van der Waals surface area contributed by atoms with E-state index in [1.807, 2.05) is 18.2 Å². The largest absolute Gasteiger partial charge is 0.471 e. The van der Waals surface area contributed by atoms with Crippen molar-refractivity contribution in [3.05, 3.63) is 60.2 Å². The van der Waals surface area contributed by atoms with Gasteiger partial charge in [-0.25, -0.2) is 0 Å². The van der Waals surface area contributed by atoms with Crippen LogP contribution in [0.25, 0.3) is 0 Å². The van der Waals surface area contributed by atoms with Crippen LogP contribution in [0.5, 0.6) is 5.75 Å². The predicted octanol–water partition coefficient (Wildman–Crippen LogP) is 4.50. The Morgan fingerprint density at radius 2 is 1.60 bits per heavy atom. The highest BCUT2D eigenvalue weighted by Gasteiger charge is 2.15. The van der Waals surface area contributed by atoms with Crippen LogP contribution < -0.4 is 9.64 Å². The van der Waals surface area contributed by atoms with E-state index in [-0.39, 0.29) is 6.23 Å². The molecular weight excluding hydrogens is 246 g/mol. The minimum Gasteiger partial charge on any atom is -0.471 e. The van der Waals surface area contributed by atoms with Crippen LogP contribution in [0.15, 0.2) is 54.6 Å². The maximum absolute atomic E-state index is 6.17. The Morgan fingerprint density at radius 3 is 2.25 bits per heavy atom. The monoisotopic (exact) mass is 269 g/mol. The molecule has 2 aromatic rings. The van der Waals surface area contributed by atoms with Crippen molar-refractivity contribution < 1.29 is 4.74 Å². The van der Waals surface area contributed by atoms with Gasteiger partial charge in [-0.05, 0) is 44.0 Å². The molecule has 1 unspecified atom stereocenters. The van der Waals surface area contributed by atoms with Crippen molar-refractivity contribution in [1.82, 2.24) is 0 Å². The van der Waals surface area contributed by atoms with Crippen LogP contribution in [0.4, 0.5) is 5.69 Å². The Hall–Kier alpha value is -1.96. The number of nitrogens with zero attached hydrogens (tertiary/aromatic N) is 1. The summed E-state index contributed by atoms with van der Waals surface area (Å²) in [5, 5.41) is 0. The van der Waals surface area contributed by atoms with Crippen LogP contribution in [0.1, 0.15) is 26.3 Å². The summed E-state index contributed by atoms with van der Waals surface area (Å²) in [6.45, 7) is 7.32. The molecule has 2 aromatic carbocycles. The van der Waals surface area contributed by atoms with Crippen molar-refractivity contribution >= 4 is 5.69 Å². The molecule has 0 aliphatic heterocycles. The zero-order chi connectivity index (χ0) is 14.4. The van der Waals surface area contributed by atoms with Crippen LogP contribution in [-0.4, -0.2) is 12.8 Å². The summed E-state index contributed by atoms with van der Waals surface area (Å²) in [7, 11) is 0. The molecule has 2 heteroatoms. The Kier molecular flexibility index (Phi) is 5.05. The normalized spacial score (nSPS) is 11.9. The van der Waals surface area contributed by atoms with E-state index in [9.17, 15) is 0 Å². The summed E-state index contributed by atoms with van der Waals surface area (Å²) in [5.74, 6) is 0.983. The molecule has 0 fully saturated rings. The number of rotatable bonds is 6. The molecule has 0 aromatic heterocycles. The van der Waals surface area contributed by atoms with Gasteiger partial charge in [0.1, 0.15) is 5.75 Å². The summed E-state index contributed by atoms with van der Waals surface area (Å²) < 4.78 is 6.17. The second kappa shape index (κ2) is 6.99. The zero-order valence-corrected chi connectivity index (χ0v) is 12.5. The van der Waals surface area contributed by atoms with Crippen molar-refractivity contribution in [3.8, 4) is 5.75 Å². The van der Waals surface area contributed by atoms with E-state index in [0.29, 0.717) is 0 Å². The van der Waals surface area contributed by atoms with Gasteiger partial charge in [0.15, 0.2) is 6.23 Å². The molecule has 0 amide bonds. The lowest BCUT2D eigenvalue weighted by Crippen LogP contribution is -2.37. The van der Waals surface area contributed by atoms with Crippen molar-refractivity contribution in [1.29, 1.82) is 0 Å². The molecule has 106 valence electrons. The van der Waals surface area contributed by atoms with Crippen LogP contribution >= 0.6 is 0 Å². The predicted molar refractivity (Wildman–Crippen MR) is 85.4 cm³/mol. The van der Waals surface area contributed by atoms with E-state index in [4.69, 9.17) is 4.74 Å². The average Bonchev–Trinajstić information content (AvgIpc) is 2.49. The first-order chi connectivity index (χ1) is 9.76. The second-order valence-corrected chi connectivity index (χ2v) is 4.80. The molecule has 0 heterocycles. The number of hydrogen-bond donors (Lipinski definition) is 0. The van der Waals surface area contributed by atoms with Crippen molar-refractivity contribution in [2.24, 2.45) is 0 Å². The first-order valence-corrected chi connectivity index (χ1v) is 7.32.